The van der Waals surface area contributed by atoms with Crippen LogP contribution in [0.1, 0.15) is 26.9 Å². The number of aromatic nitrogens is 1. The van der Waals surface area contributed by atoms with E-state index in [1.165, 1.54) is 24.3 Å². The molecule has 42 heavy (non-hydrogen) atoms. The van der Waals surface area contributed by atoms with Gasteiger partial charge in [-0.1, -0.05) is 42.5 Å². The number of ether oxygens (including phenoxy) is 3. The van der Waals surface area contributed by atoms with Crippen LogP contribution in [0.5, 0.6) is 0 Å². The highest BCUT2D eigenvalue weighted by atomic mass is 31.2. The van der Waals surface area contributed by atoms with Crippen molar-refractivity contribution in [2.45, 2.75) is 24.5 Å². The number of anilines is 2. The summed E-state index contributed by atoms with van der Waals surface area (Å²) < 4.78 is 31.4. The Morgan fingerprint density at radius 2 is 1.48 bits per heavy atom. The number of aliphatic hydroxyl groups is 1. The predicted octanol–water partition coefficient (Wildman–Crippen LogP) is 2.94. The quantitative estimate of drug-likeness (QED) is 0.114. The van der Waals surface area contributed by atoms with Gasteiger partial charge in [-0.3, -0.25) is 4.57 Å². The van der Waals surface area contributed by atoms with Gasteiger partial charge in [-0.2, -0.15) is 0 Å². The first kappa shape index (κ1) is 29.3. The minimum Gasteiger partial charge on any atom is -0.459 e. The van der Waals surface area contributed by atoms with E-state index < -0.39 is 62.8 Å². The largest absolute Gasteiger partial charge is 0.459 e. The number of nitrogens with zero attached hydrogens (tertiary/aromatic N) is 1. The lowest BCUT2D eigenvalue weighted by Gasteiger charge is -2.44. The summed E-state index contributed by atoms with van der Waals surface area (Å²) in [4.78, 5) is 46.0. The molecule has 1 aliphatic rings. The van der Waals surface area contributed by atoms with Crippen LogP contribution in [0.25, 0.3) is 10.9 Å². The first-order valence-corrected chi connectivity index (χ1v) is 14.8. The van der Waals surface area contributed by atoms with E-state index in [1.807, 2.05) is 12.1 Å². The highest BCUT2D eigenvalue weighted by Gasteiger charge is 2.50. The number of esters is 2. The summed E-state index contributed by atoms with van der Waals surface area (Å²) in [6, 6.07) is 21.5. The number of aliphatic hydroxyl groups excluding tert-OH is 1. The van der Waals surface area contributed by atoms with Crippen molar-refractivity contribution in [2.75, 3.05) is 24.2 Å². The lowest BCUT2D eigenvalue weighted by molar-refractivity contribution is -0.228. The van der Waals surface area contributed by atoms with Crippen LogP contribution in [0.15, 0.2) is 85.1 Å². The maximum Gasteiger partial charge on any atom is 0.340 e. The number of nitrogens with two attached hydrogens (primary N) is 2. The van der Waals surface area contributed by atoms with Crippen molar-refractivity contribution in [1.82, 2.24) is 4.57 Å². The molecule has 7 N–H and O–H groups in total. The number of fused-ring (bicyclic) bond motifs is 1. The molecule has 5 atom stereocenters. The Morgan fingerprint density at radius 1 is 0.881 bits per heavy atom. The van der Waals surface area contributed by atoms with Crippen LogP contribution >= 0.6 is 7.60 Å². The monoisotopic (exact) mass is 595 g/mol. The Labute approximate surface area is 240 Å². The summed E-state index contributed by atoms with van der Waals surface area (Å²) in [6.45, 7) is -0.478. The van der Waals surface area contributed by atoms with Crippen LogP contribution in [0.3, 0.4) is 0 Å². The van der Waals surface area contributed by atoms with Crippen LogP contribution in [0.4, 0.5) is 11.4 Å². The van der Waals surface area contributed by atoms with Crippen molar-refractivity contribution in [1.29, 1.82) is 0 Å². The summed E-state index contributed by atoms with van der Waals surface area (Å²) in [7, 11) is -4.77. The molecule has 220 valence electrons. The van der Waals surface area contributed by atoms with Gasteiger partial charge in [-0.15, -0.1) is 0 Å². The van der Waals surface area contributed by atoms with Gasteiger partial charge in [0.1, 0.15) is 12.7 Å². The Morgan fingerprint density at radius 3 is 2.12 bits per heavy atom. The van der Waals surface area contributed by atoms with Gasteiger partial charge in [-0.05, 0) is 41.8 Å². The van der Waals surface area contributed by atoms with Crippen molar-refractivity contribution in [2.24, 2.45) is 5.92 Å². The second-order valence-corrected chi connectivity index (χ2v) is 11.7. The van der Waals surface area contributed by atoms with Crippen LogP contribution < -0.4 is 11.5 Å². The van der Waals surface area contributed by atoms with Crippen LogP contribution in [0, 0.1) is 5.92 Å². The van der Waals surface area contributed by atoms with Gasteiger partial charge in [0.15, 0.2) is 12.3 Å². The predicted molar refractivity (Wildman–Crippen MR) is 153 cm³/mol. The smallest absolute Gasteiger partial charge is 0.340 e. The topological polar surface area (TPSA) is 197 Å². The van der Waals surface area contributed by atoms with E-state index in [1.54, 1.807) is 53.2 Å². The zero-order chi connectivity index (χ0) is 30.0. The molecule has 1 aromatic heterocycles. The van der Waals surface area contributed by atoms with Gasteiger partial charge >= 0.3 is 19.5 Å². The van der Waals surface area contributed by atoms with E-state index in [0.29, 0.717) is 5.52 Å². The molecule has 0 unspecified atom stereocenters. The van der Waals surface area contributed by atoms with E-state index in [2.05, 4.69) is 0 Å². The molecule has 3 aromatic carbocycles. The zero-order valence-corrected chi connectivity index (χ0v) is 23.1. The molecule has 4 aromatic rings. The van der Waals surface area contributed by atoms with E-state index in [9.17, 15) is 29.0 Å². The lowest BCUT2D eigenvalue weighted by Crippen LogP contribution is -2.56. The molecular weight excluding hydrogens is 565 g/mol. The summed E-state index contributed by atoms with van der Waals surface area (Å²) >= 11 is 0. The highest BCUT2D eigenvalue weighted by molar-refractivity contribution is 7.51. The Hall–Kier alpha value is -4.19. The fourth-order valence-electron chi connectivity index (χ4n) is 5.13. The van der Waals surface area contributed by atoms with E-state index in [4.69, 9.17) is 25.7 Å². The van der Waals surface area contributed by atoms with Gasteiger partial charge in [0.2, 0.25) is 0 Å². The molecule has 1 fully saturated rings. The second kappa shape index (κ2) is 12.0. The molecule has 1 saturated heterocycles. The first-order valence-electron chi connectivity index (χ1n) is 13.0. The Bertz CT molecular complexity index is 1650. The van der Waals surface area contributed by atoms with Crippen molar-refractivity contribution < 1.29 is 43.3 Å². The zero-order valence-electron chi connectivity index (χ0n) is 22.2. The van der Waals surface area contributed by atoms with Crippen LogP contribution in [-0.4, -0.2) is 62.5 Å². The van der Waals surface area contributed by atoms with E-state index in [-0.39, 0.29) is 22.5 Å². The van der Waals surface area contributed by atoms with Gasteiger partial charge in [0.05, 0.1) is 28.9 Å². The number of carbonyl (C=O) groups is 2. The van der Waals surface area contributed by atoms with Gasteiger partial charge in [0, 0.05) is 23.5 Å². The molecule has 1 aliphatic heterocycles. The second-order valence-electron chi connectivity index (χ2n) is 9.99. The Balaban J connectivity index is 1.52. The third-order valence-corrected chi connectivity index (χ3v) is 8.07. The third-order valence-electron chi connectivity index (χ3n) is 7.17. The fourth-order valence-corrected chi connectivity index (χ4v) is 6.10. The number of hydrogen-bond acceptors (Lipinski definition) is 9. The molecule has 0 saturated carbocycles. The van der Waals surface area contributed by atoms with E-state index >= 15 is 0 Å². The molecular formula is C29H30N3O9P. The average molecular weight is 596 g/mol. The fraction of sp³-hybridized carbons (Fsp3) is 0.241. The molecule has 0 spiro atoms. The molecule has 0 amide bonds. The summed E-state index contributed by atoms with van der Waals surface area (Å²) in [5.41, 5.74) is 13.0. The summed E-state index contributed by atoms with van der Waals surface area (Å²) in [6.07, 6.45) is -4.59. The number of carbonyl (C=O) groups excluding carboxylic acids is 2. The molecule has 0 bridgehead atoms. The van der Waals surface area contributed by atoms with Gasteiger partial charge in [0.25, 0.3) is 0 Å². The summed E-state index contributed by atoms with van der Waals surface area (Å²) in [5, 5.41) is 12.2. The van der Waals surface area contributed by atoms with Gasteiger partial charge < -0.3 is 45.1 Å². The summed E-state index contributed by atoms with van der Waals surface area (Å²) in [5.74, 6) is -2.97. The molecule has 12 nitrogen and oxygen atoms in total. The molecule has 0 radical (unpaired) electrons. The number of para-hydroxylation sites is 3. The number of hydrogen-bond donors (Lipinski definition) is 5. The van der Waals surface area contributed by atoms with E-state index in [0.717, 1.165) is 5.39 Å². The normalized spacial score (nSPS) is 22.5. The number of benzene rings is 3. The van der Waals surface area contributed by atoms with Crippen molar-refractivity contribution in [3.05, 3.63) is 96.2 Å². The SMILES string of the molecule is Nc1ccccc1C(=O)OC[C@H]1O[C@@H](n2ccc3ccccc32)[C@H](OC(=O)c2ccccc2N)[C@@H](CP(=O)(O)O)[C@@H]1O. The lowest BCUT2D eigenvalue weighted by atomic mass is 9.89. The molecule has 2 heterocycles. The minimum atomic E-state index is -4.77. The molecule has 0 aliphatic carbocycles. The minimum absolute atomic E-state index is 0.0366. The Kier molecular flexibility index (Phi) is 8.35. The first-order chi connectivity index (χ1) is 20.0. The standard InChI is InChI=1S/C29H30N3O9P/c30-21-10-4-2-8-18(21)28(34)39-15-24-25(33)20(16-42(36,37)38)26(41-29(35)19-9-3-5-11-22(19)31)27(40-24)32-14-13-17-7-1-6-12-23(17)32/h1-14,20,24-27,33H,15-16,30-31H2,(H2,36,37,38)/t20-,24+,25-,26+,27+/m0/s1. The molecule has 5 rings (SSSR count). The van der Waals surface area contributed by atoms with Crippen molar-refractivity contribution in [3.8, 4) is 0 Å². The van der Waals surface area contributed by atoms with Crippen molar-refractivity contribution >= 4 is 41.8 Å². The van der Waals surface area contributed by atoms with Crippen molar-refractivity contribution in [3.63, 3.8) is 0 Å². The third kappa shape index (κ3) is 6.18. The maximum atomic E-state index is 13.3. The molecule has 13 heteroatoms. The van der Waals surface area contributed by atoms with Crippen LogP contribution in [-0.2, 0) is 18.8 Å². The van der Waals surface area contributed by atoms with Gasteiger partial charge in [-0.25, -0.2) is 9.59 Å². The van der Waals surface area contributed by atoms with Crippen LogP contribution in [0.2, 0.25) is 0 Å². The average Bonchev–Trinajstić information content (AvgIpc) is 3.38. The highest BCUT2D eigenvalue weighted by Crippen LogP contribution is 2.45. The maximum absolute atomic E-state index is 13.3. The number of nitrogen functional groups attached to an aromatic ring is 2. The number of rotatable bonds is 8.